The van der Waals surface area contributed by atoms with Crippen LogP contribution >= 0.6 is 0 Å². The normalized spacial score (nSPS) is 10.8. The van der Waals surface area contributed by atoms with Gasteiger partial charge in [0, 0.05) is 18.2 Å². The predicted octanol–water partition coefficient (Wildman–Crippen LogP) is 3.23. The first kappa shape index (κ1) is 16.7. The van der Waals surface area contributed by atoms with E-state index in [4.69, 9.17) is 5.73 Å². The van der Waals surface area contributed by atoms with Crippen molar-refractivity contribution in [1.82, 2.24) is 4.90 Å². The van der Waals surface area contributed by atoms with E-state index in [1.54, 1.807) is 0 Å². The van der Waals surface area contributed by atoms with Crippen LogP contribution in [0, 0.1) is 0 Å². The number of benzene rings is 1. The number of hydrogen-bond acceptors (Lipinski definition) is 2. The van der Waals surface area contributed by atoms with E-state index in [1.165, 1.54) is 12.8 Å². The van der Waals surface area contributed by atoms with E-state index in [1.807, 2.05) is 29.2 Å². The van der Waals surface area contributed by atoms with Crippen LogP contribution in [0.5, 0.6) is 0 Å². The van der Waals surface area contributed by atoms with Crippen molar-refractivity contribution < 1.29 is 4.79 Å². The standard InChI is InChI=1S/C17H28N2O/c1-4-5-8-13-19(14(2)3)17(20)16-10-7-6-9-15(16)11-12-18/h6-7,9-10,14H,4-5,8,11-13,18H2,1-3H3. The fourth-order valence-corrected chi connectivity index (χ4v) is 2.38. The molecular weight excluding hydrogens is 248 g/mol. The predicted molar refractivity (Wildman–Crippen MR) is 84.9 cm³/mol. The van der Waals surface area contributed by atoms with E-state index in [0.717, 1.165) is 30.5 Å². The van der Waals surface area contributed by atoms with Crippen LogP contribution < -0.4 is 5.73 Å². The molecule has 0 aliphatic carbocycles. The first-order valence-electron chi connectivity index (χ1n) is 7.70. The second-order valence-corrected chi connectivity index (χ2v) is 5.50. The van der Waals surface area contributed by atoms with Gasteiger partial charge in [-0.1, -0.05) is 38.0 Å². The van der Waals surface area contributed by atoms with Crippen molar-refractivity contribution in [3.05, 3.63) is 35.4 Å². The number of hydrogen-bond donors (Lipinski definition) is 1. The van der Waals surface area contributed by atoms with Gasteiger partial charge >= 0.3 is 0 Å². The lowest BCUT2D eigenvalue weighted by atomic mass is 10.0. The molecule has 3 heteroatoms. The van der Waals surface area contributed by atoms with Gasteiger partial charge in [0.2, 0.25) is 0 Å². The summed E-state index contributed by atoms with van der Waals surface area (Å²) < 4.78 is 0. The summed E-state index contributed by atoms with van der Waals surface area (Å²) in [5.74, 6) is 0.139. The maximum absolute atomic E-state index is 12.8. The largest absolute Gasteiger partial charge is 0.336 e. The van der Waals surface area contributed by atoms with Crippen LogP contribution in [0.15, 0.2) is 24.3 Å². The van der Waals surface area contributed by atoms with Crippen molar-refractivity contribution >= 4 is 5.91 Å². The molecule has 0 atom stereocenters. The van der Waals surface area contributed by atoms with Gasteiger partial charge < -0.3 is 10.6 Å². The van der Waals surface area contributed by atoms with Crippen molar-refractivity contribution in [3.63, 3.8) is 0 Å². The lowest BCUT2D eigenvalue weighted by molar-refractivity contribution is 0.0701. The molecule has 20 heavy (non-hydrogen) atoms. The third-order valence-electron chi connectivity index (χ3n) is 3.55. The average Bonchev–Trinajstić information content (AvgIpc) is 2.43. The summed E-state index contributed by atoms with van der Waals surface area (Å²) in [6.07, 6.45) is 4.16. The van der Waals surface area contributed by atoms with Crippen molar-refractivity contribution in [2.75, 3.05) is 13.1 Å². The minimum absolute atomic E-state index is 0.139. The van der Waals surface area contributed by atoms with Gasteiger partial charge in [0.1, 0.15) is 0 Å². The molecule has 0 bridgehead atoms. The average molecular weight is 276 g/mol. The van der Waals surface area contributed by atoms with E-state index in [2.05, 4.69) is 20.8 Å². The molecule has 0 aliphatic heterocycles. The Bertz CT molecular complexity index is 415. The highest BCUT2D eigenvalue weighted by Gasteiger charge is 2.20. The number of unbranched alkanes of at least 4 members (excludes halogenated alkanes) is 2. The first-order valence-corrected chi connectivity index (χ1v) is 7.70. The molecule has 0 unspecified atom stereocenters. The number of nitrogens with zero attached hydrogens (tertiary/aromatic N) is 1. The zero-order chi connectivity index (χ0) is 15.0. The highest BCUT2D eigenvalue weighted by Crippen LogP contribution is 2.15. The highest BCUT2D eigenvalue weighted by atomic mass is 16.2. The Morgan fingerprint density at radius 1 is 1.25 bits per heavy atom. The van der Waals surface area contributed by atoms with Gasteiger partial charge in [0.15, 0.2) is 0 Å². The summed E-state index contributed by atoms with van der Waals surface area (Å²) in [4.78, 5) is 14.7. The Kier molecular flexibility index (Phi) is 7.31. The van der Waals surface area contributed by atoms with Crippen molar-refractivity contribution in [2.24, 2.45) is 5.73 Å². The molecule has 0 aliphatic rings. The molecule has 0 saturated heterocycles. The van der Waals surface area contributed by atoms with Crippen LogP contribution in [-0.4, -0.2) is 29.9 Å². The molecule has 0 heterocycles. The van der Waals surface area contributed by atoms with Gasteiger partial charge in [0.25, 0.3) is 5.91 Å². The summed E-state index contributed by atoms with van der Waals surface area (Å²) in [7, 11) is 0. The Morgan fingerprint density at radius 2 is 1.95 bits per heavy atom. The van der Waals surface area contributed by atoms with Gasteiger partial charge in [-0.05, 0) is 44.9 Å². The minimum Gasteiger partial charge on any atom is -0.336 e. The van der Waals surface area contributed by atoms with Crippen LogP contribution in [0.2, 0.25) is 0 Å². The fourth-order valence-electron chi connectivity index (χ4n) is 2.38. The van der Waals surface area contributed by atoms with E-state index in [-0.39, 0.29) is 11.9 Å². The molecule has 0 saturated carbocycles. The molecule has 3 nitrogen and oxygen atoms in total. The molecular formula is C17H28N2O. The summed E-state index contributed by atoms with van der Waals surface area (Å²) in [6.45, 7) is 7.74. The van der Waals surface area contributed by atoms with Crippen molar-refractivity contribution in [3.8, 4) is 0 Å². The van der Waals surface area contributed by atoms with Gasteiger partial charge in [-0.25, -0.2) is 0 Å². The molecule has 0 aromatic heterocycles. The summed E-state index contributed by atoms with van der Waals surface area (Å²) in [5, 5.41) is 0. The van der Waals surface area contributed by atoms with E-state index in [9.17, 15) is 4.79 Å². The number of nitrogens with two attached hydrogens (primary N) is 1. The van der Waals surface area contributed by atoms with Crippen molar-refractivity contribution in [2.45, 2.75) is 52.5 Å². The summed E-state index contributed by atoms with van der Waals surface area (Å²) in [6, 6.07) is 8.05. The van der Waals surface area contributed by atoms with Gasteiger partial charge in [-0.2, -0.15) is 0 Å². The maximum Gasteiger partial charge on any atom is 0.254 e. The summed E-state index contributed by atoms with van der Waals surface area (Å²) in [5.41, 5.74) is 7.50. The number of carbonyl (C=O) groups excluding carboxylic acids is 1. The molecule has 2 N–H and O–H groups in total. The lowest BCUT2D eigenvalue weighted by Crippen LogP contribution is -2.38. The third kappa shape index (κ3) is 4.64. The molecule has 1 rings (SSSR count). The lowest BCUT2D eigenvalue weighted by Gasteiger charge is -2.27. The van der Waals surface area contributed by atoms with E-state index in [0.29, 0.717) is 6.54 Å². The van der Waals surface area contributed by atoms with Crippen LogP contribution in [0.3, 0.4) is 0 Å². The van der Waals surface area contributed by atoms with Gasteiger partial charge in [0.05, 0.1) is 0 Å². The Balaban J connectivity index is 2.88. The quantitative estimate of drug-likeness (QED) is 0.741. The van der Waals surface area contributed by atoms with Crippen LogP contribution in [-0.2, 0) is 6.42 Å². The number of amides is 1. The maximum atomic E-state index is 12.8. The summed E-state index contributed by atoms with van der Waals surface area (Å²) >= 11 is 0. The van der Waals surface area contributed by atoms with Gasteiger partial charge in [-0.15, -0.1) is 0 Å². The van der Waals surface area contributed by atoms with Crippen LogP contribution in [0.1, 0.15) is 56.0 Å². The Hall–Kier alpha value is -1.35. The number of rotatable bonds is 8. The second kappa shape index (κ2) is 8.75. The monoisotopic (exact) mass is 276 g/mol. The van der Waals surface area contributed by atoms with E-state index >= 15 is 0 Å². The minimum atomic E-state index is 0.139. The second-order valence-electron chi connectivity index (χ2n) is 5.50. The highest BCUT2D eigenvalue weighted by molar-refractivity contribution is 5.95. The molecule has 1 aromatic carbocycles. The SMILES string of the molecule is CCCCCN(C(=O)c1ccccc1CCN)C(C)C. The molecule has 0 spiro atoms. The number of carbonyl (C=O) groups is 1. The Labute approximate surface area is 123 Å². The fraction of sp³-hybridized carbons (Fsp3) is 0.588. The first-order chi connectivity index (χ1) is 9.61. The van der Waals surface area contributed by atoms with Crippen LogP contribution in [0.25, 0.3) is 0 Å². The van der Waals surface area contributed by atoms with Crippen LogP contribution in [0.4, 0.5) is 0 Å². The zero-order valence-corrected chi connectivity index (χ0v) is 13.1. The third-order valence-corrected chi connectivity index (χ3v) is 3.55. The molecule has 0 fully saturated rings. The zero-order valence-electron chi connectivity index (χ0n) is 13.1. The topological polar surface area (TPSA) is 46.3 Å². The molecule has 0 radical (unpaired) electrons. The molecule has 1 aromatic rings. The Morgan fingerprint density at radius 3 is 2.55 bits per heavy atom. The molecule has 1 amide bonds. The van der Waals surface area contributed by atoms with E-state index < -0.39 is 0 Å². The van der Waals surface area contributed by atoms with Crippen molar-refractivity contribution in [1.29, 1.82) is 0 Å². The molecule has 112 valence electrons. The van der Waals surface area contributed by atoms with Gasteiger partial charge in [-0.3, -0.25) is 4.79 Å². The smallest absolute Gasteiger partial charge is 0.254 e.